The van der Waals surface area contributed by atoms with Crippen molar-refractivity contribution >= 4 is 5.69 Å². The van der Waals surface area contributed by atoms with Crippen LogP contribution in [0.4, 0.5) is 5.69 Å². The quantitative estimate of drug-likeness (QED) is 0.599. The van der Waals surface area contributed by atoms with Crippen LogP contribution in [-0.2, 0) is 0 Å². The van der Waals surface area contributed by atoms with Gasteiger partial charge in [0.1, 0.15) is 0 Å². The molecule has 0 unspecified atom stereocenters. The lowest BCUT2D eigenvalue weighted by molar-refractivity contribution is 1.44. The van der Waals surface area contributed by atoms with Gasteiger partial charge in [0.25, 0.3) is 0 Å². The Morgan fingerprint density at radius 2 is 2.00 bits per heavy atom. The summed E-state index contributed by atoms with van der Waals surface area (Å²) in [5.74, 6) is 0. The van der Waals surface area contributed by atoms with E-state index >= 15 is 0 Å². The first-order valence-electron chi connectivity index (χ1n) is 2.93. The van der Waals surface area contributed by atoms with Crippen LogP contribution >= 0.6 is 0 Å². The fraction of sp³-hybridized carbons (Fsp3) is 0.125. The van der Waals surface area contributed by atoms with Crippen LogP contribution in [0.2, 0.25) is 0 Å². The number of aryl methyl sites for hydroxylation is 1. The van der Waals surface area contributed by atoms with Crippen molar-refractivity contribution in [2.75, 3.05) is 5.32 Å². The zero-order chi connectivity index (χ0) is 6.69. The summed E-state index contributed by atoms with van der Waals surface area (Å²) in [6.07, 6.45) is 0. The van der Waals surface area contributed by atoms with E-state index in [0.29, 0.717) is 0 Å². The van der Waals surface area contributed by atoms with Gasteiger partial charge in [0.05, 0.1) is 0 Å². The van der Waals surface area contributed by atoms with E-state index in [1.165, 1.54) is 5.56 Å². The predicted octanol–water partition coefficient (Wildman–Crippen LogP) is 2.20. The van der Waals surface area contributed by atoms with Crippen molar-refractivity contribution in [3.05, 3.63) is 36.9 Å². The SMILES string of the molecule is [CH2]Nc1ccccc1C. The normalized spacial score (nSPS) is 9.11. The Morgan fingerprint density at radius 3 is 2.44 bits per heavy atom. The number of para-hydroxylation sites is 1. The van der Waals surface area contributed by atoms with E-state index in [0.717, 1.165) is 5.69 Å². The Bertz CT molecular complexity index is 194. The molecule has 0 saturated carbocycles. The van der Waals surface area contributed by atoms with Gasteiger partial charge in [-0.05, 0) is 18.6 Å². The minimum atomic E-state index is 1.09. The largest absolute Gasteiger partial charge is 0.383 e. The van der Waals surface area contributed by atoms with Gasteiger partial charge >= 0.3 is 0 Å². The second kappa shape index (κ2) is 2.53. The second-order valence-electron chi connectivity index (χ2n) is 1.99. The van der Waals surface area contributed by atoms with Crippen molar-refractivity contribution in [1.82, 2.24) is 0 Å². The first kappa shape index (κ1) is 6.14. The van der Waals surface area contributed by atoms with E-state index in [2.05, 4.69) is 12.4 Å². The Hall–Kier alpha value is -0.980. The average molecular weight is 120 g/mol. The molecule has 1 aromatic rings. The Kier molecular flexibility index (Phi) is 1.73. The highest BCUT2D eigenvalue weighted by Gasteiger charge is 1.88. The first-order chi connectivity index (χ1) is 4.34. The number of hydrogen-bond donors (Lipinski definition) is 1. The molecule has 0 fully saturated rings. The van der Waals surface area contributed by atoms with Crippen molar-refractivity contribution in [3.8, 4) is 0 Å². The molecule has 9 heavy (non-hydrogen) atoms. The molecule has 1 heteroatoms. The van der Waals surface area contributed by atoms with E-state index < -0.39 is 0 Å². The highest BCUT2D eigenvalue weighted by atomic mass is 14.8. The number of rotatable bonds is 1. The van der Waals surface area contributed by atoms with Gasteiger partial charge < -0.3 is 5.32 Å². The molecule has 0 spiro atoms. The monoisotopic (exact) mass is 120 g/mol. The van der Waals surface area contributed by atoms with Gasteiger partial charge in [-0.25, -0.2) is 0 Å². The fourth-order valence-corrected chi connectivity index (χ4v) is 0.771. The number of hydrogen-bond acceptors (Lipinski definition) is 1. The van der Waals surface area contributed by atoms with Crippen LogP contribution < -0.4 is 5.32 Å². The highest BCUT2D eigenvalue weighted by Crippen LogP contribution is 2.11. The summed E-state index contributed by atoms with van der Waals surface area (Å²) in [6, 6.07) is 8.05. The lowest BCUT2D eigenvalue weighted by Gasteiger charge is -2.01. The van der Waals surface area contributed by atoms with E-state index in [4.69, 9.17) is 0 Å². The third kappa shape index (κ3) is 1.22. The van der Waals surface area contributed by atoms with Gasteiger partial charge in [-0.2, -0.15) is 0 Å². The summed E-state index contributed by atoms with van der Waals surface area (Å²) in [6.45, 7) is 2.05. The topological polar surface area (TPSA) is 12.0 Å². The molecule has 1 nitrogen and oxygen atoms in total. The van der Waals surface area contributed by atoms with Crippen molar-refractivity contribution in [3.63, 3.8) is 0 Å². The molecule has 0 amide bonds. The summed E-state index contributed by atoms with van der Waals surface area (Å²) in [7, 11) is 3.57. The zero-order valence-electron chi connectivity index (χ0n) is 5.52. The van der Waals surface area contributed by atoms with Gasteiger partial charge in [-0.15, -0.1) is 0 Å². The molecule has 0 aliphatic carbocycles. The molecule has 1 radical (unpaired) electrons. The van der Waals surface area contributed by atoms with Gasteiger partial charge in [0, 0.05) is 12.7 Å². The zero-order valence-corrected chi connectivity index (χ0v) is 5.52. The summed E-state index contributed by atoms with van der Waals surface area (Å²) in [4.78, 5) is 0. The molecular weight excluding hydrogens is 110 g/mol. The summed E-state index contributed by atoms with van der Waals surface area (Å²) >= 11 is 0. The van der Waals surface area contributed by atoms with Crippen LogP contribution in [-0.4, -0.2) is 0 Å². The first-order valence-corrected chi connectivity index (χ1v) is 2.93. The van der Waals surface area contributed by atoms with Gasteiger partial charge in [0.15, 0.2) is 0 Å². The number of anilines is 1. The summed E-state index contributed by atoms with van der Waals surface area (Å²) in [5, 5.41) is 2.85. The maximum atomic E-state index is 3.57. The van der Waals surface area contributed by atoms with E-state index in [1.54, 1.807) is 0 Å². The molecule has 0 heterocycles. The van der Waals surface area contributed by atoms with E-state index in [-0.39, 0.29) is 0 Å². The predicted molar refractivity (Wildman–Crippen MR) is 40.2 cm³/mol. The third-order valence-corrected chi connectivity index (χ3v) is 1.34. The van der Waals surface area contributed by atoms with Crippen LogP contribution in [0.5, 0.6) is 0 Å². The molecule has 0 aliphatic heterocycles. The van der Waals surface area contributed by atoms with Crippen LogP contribution in [0.1, 0.15) is 5.56 Å². The van der Waals surface area contributed by atoms with Crippen molar-refractivity contribution in [2.45, 2.75) is 6.92 Å². The summed E-state index contributed by atoms with van der Waals surface area (Å²) in [5.41, 5.74) is 2.32. The molecule has 1 rings (SSSR count). The Morgan fingerprint density at radius 1 is 1.33 bits per heavy atom. The fourth-order valence-electron chi connectivity index (χ4n) is 0.771. The van der Waals surface area contributed by atoms with Gasteiger partial charge in [-0.1, -0.05) is 18.2 Å². The maximum absolute atomic E-state index is 3.57. The number of nitrogens with one attached hydrogen (secondary N) is 1. The lowest BCUT2D eigenvalue weighted by Crippen LogP contribution is -1.86. The van der Waals surface area contributed by atoms with Crippen LogP contribution in [0.15, 0.2) is 24.3 Å². The molecule has 0 bridgehead atoms. The molecule has 0 atom stereocenters. The van der Waals surface area contributed by atoms with Crippen molar-refractivity contribution < 1.29 is 0 Å². The van der Waals surface area contributed by atoms with Crippen LogP contribution in [0, 0.1) is 14.0 Å². The molecule has 0 saturated heterocycles. The molecule has 47 valence electrons. The Labute approximate surface area is 55.7 Å². The minimum Gasteiger partial charge on any atom is -0.383 e. The maximum Gasteiger partial charge on any atom is 0.0370 e. The molecule has 0 aliphatic rings. The molecule has 0 aromatic heterocycles. The average Bonchev–Trinajstić information content (AvgIpc) is 1.89. The van der Waals surface area contributed by atoms with E-state index in [9.17, 15) is 0 Å². The smallest absolute Gasteiger partial charge is 0.0370 e. The lowest BCUT2D eigenvalue weighted by atomic mass is 10.2. The van der Waals surface area contributed by atoms with Gasteiger partial charge in [-0.3, -0.25) is 0 Å². The molecule has 1 aromatic carbocycles. The van der Waals surface area contributed by atoms with Gasteiger partial charge in [0.2, 0.25) is 0 Å². The Balaban J connectivity index is 3.01. The molecule has 1 N–H and O–H groups in total. The highest BCUT2D eigenvalue weighted by molar-refractivity contribution is 5.50. The summed E-state index contributed by atoms with van der Waals surface area (Å²) < 4.78 is 0. The van der Waals surface area contributed by atoms with E-state index in [1.807, 2.05) is 31.2 Å². The van der Waals surface area contributed by atoms with Crippen molar-refractivity contribution in [2.24, 2.45) is 0 Å². The standard InChI is InChI=1S/C8H10N/c1-7-5-3-4-6-8(7)9-2/h3-6,9H,2H2,1H3. The van der Waals surface area contributed by atoms with Crippen LogP contribution in [0.25, 0.3) is 0 Å². The van der Waals surface area contributed by atoms with Crippen molar-refractivity contribution in [1.29, 1.82) is 0 Å². The second-order valence-corrected chi connectivity index (χ2v) is 1.99. The molecular formula is C8H10N. The van der Waals surface area contributed by atoms with Crippen LogP contribution in [0.3, 0.4) is 0 Å². The third-order valence-electron chi connectivity index (χ3n) is 1.34. The number of benzene rings is 1. The minimum absolute atomic E-state index is 1.09.